The van der Waals surface area contributed by atoms with Crippen LogP contribution in [0.1, 0.15) is 13.8 Å². The Morgan fingerprint density at radius 3 is 2.56 bits per heavy atom. The highest BCUT2D eigenvalue weighted by Gasteiger charge is 2.04. The molecule has 0 bridgehead atoms. The molecule has 0 unspecified atom stereocenters. The molecule has 0 spiro atoms. The van der Waals surface area contributed by atoms with Crippen molar-refractivity contribution in [1.29, 1.82) is 0 Å². The Morgan fingerprint density at radius 2 is 2.06 bits per heavy atom. The van der Waals surface area contributed by atoms with Crippen LogP contribution in [0.4, 0.5) is 0 Å². The van der Waals surface area contributed by atoms with Crippen LogP contribution < -0.4 is 0 Å². The minimum Gasteiger partial charge on any atom is -0.492 e. The molecule has 0 saturated heterocycles. The van der Waals surface area contributed by atoms with Crippen LogP contribution in [-0.4, -0.2) is 36.5 Å². The molecule has 0 aromatic rings. The van der Waals surface area contributed by atoms with Gasteiger partial charge in [0.25, 0.3) is 0 Å². The van der Waals surface area contributed by atoms with Crippen molar-refractivity contribution in [3.63, 3.8) is 0 Å². The largest absolute Gasteiger partial charge is 0.492 e. The summed E-state index contributed by atoms with van der Waals surface area (Å²) in [7, 11) is 0. The molecule has 1 N–H and O–H groups in total. The lowest BCUT2D eigenvalue weighted by atomic mass is 10.4. The molecule has 104 valence electrons. The fourth-order valence-electron chi connectivity index (χ4n) is 0.728. The van der Waals surface area contributed by atoms with Crippen molar-refractivity contribution in [2.24, 2.45) is 0 Å². The number of nitro groups is 1. The van der Waals surface area contributed by atoms with Gasteiger partial charge in [0.15, 0.2) is 6.26 Å². The maximum atomic E-state index is 10.5. The van der Waals surface area contributed by atoms with Crippen LogP contribution in [0.15, 0.2) is 36.8 Å². The average Bonchev–Trinajstić information content (AvgIpc) is 2.39. The van der Waals surface area contributed by atoms with Crippen LogP contribution in [0.5, 0.6) is 0 Å². The summed E-state index contributed by atoms with van der Waals surface area (Å²) in [5.74, 6) is 0. The zero-order valence-electron chi connectivity index (χ0n) is 10.9. The predicted octanol–water partition coefficient (Wildman–Crippen LogP) is 1.90. The van der Waals surface area contributed by atoms with Crippen LogP contribution in [0.2, 0.25) is 0 Å². The van der Waals surface area contributed by atoms with Crippen LogP contribution in [-0.2, 0) is 9.47 Å². The molecule has 0 aliphatic rings. The van der Waals surface area contributed by atoms with Gasteiger partial charge in [-0.15, -0.1) is 0 Å². The molecule has 0 aromatic heterocycles. The number of hydrogen-bond acceptors (Lipinski definition) is 5. The van der Waals surface area contributed by atoms with Crippen molar-refractivity contribution in [2.45, 2.75) is 13.8 Å². The summed E-state index contributed by atoms with van der Waals surface area (Å²) in [6.07, 6.45) is 5.20. The lowest BCUT2D eigenvalue weighted by Crippen LogP contribution is -2.06. The Labute approximate surface area is 107 Å². The van der Waals surface area contributed by atoms with Gasteiger partial charge >= 0.3 is 5.70 Å². The Kier molecular flexibility index (Phi) is 15.9. The molecule has 6 heteroatoms. The SMILES string of the molecule is C=C/C=C\C(=C\OCCOCCO)[N+](=O)[O-].CC. The normalized spacial score (nSPS) is 10.7. The predicted molar refractivity (Wildman–Crippen MR) is 69.6 cm³/mol. The summed E-state index contributed by atoms with van der Waals surface area (Å²) in [4.78, 5) is 9.92. The van der Waals surface area contributed by atoms with Gasteiger partial charge < -0.3 is 14.6 Å². The minimum absolute atomic E-state index is 0.0575. The number of hydrogen-bond donors (Lipinski definition) is 1. The van der Waals surface area contributed by atoms with Crippen molar-refractivity contribution in [2.75, 3.05) is 26.4 Å². The first-order valence-corrected chi connectivity index (χ1v) is 5.66. The number of allylic oxidation sites excluding steroid dienone is 3. The molecule has 0 saturated carbocycles. The monoisotopic (exact) mass is 259 g/mol. The molecule has 6 nitrogen and oxygen atoms in total. The number of aliphatic hydroxyl groups is 1. The quantitative estimate of drug-likeness (QED) is 0.225. The Bertz CT molecular complexity index is 274. The van der Waals surface area contributed by atoms with E-state index >= 15 is 0 Å². The smallest absolute Gasteiger partial charge is 0.303 e. The highest BCUT2D eigenvalue weighted by Crippen LogP contribution is 1.98. The van der Waals surface area contributed by atoms with Gasteiger partial charge in [-0.25, -0.2) is 0 Å². The van der Waals surface area contributed by atoms with Gasteiger partial charge in [-0.1, -0.05) is 32.6 Å². The molecule has 18 heavy (non-hydrogen) atoms. The Morgan fingerprint density at radius 1 is 1.39 bits per heavy atom. The van der Waals surface area contributed by atoms with Crippen molar-refractivity contribution >= 4 is 0 Å². The maximum absolute atomic E-state index is 10.5. The second-order valence-corrected chi connectivity index (χ2v) is 2.60. The summed E-state index contributed by atoms with van der Waals surface area (Å²) < 4.78 is 9.80. The minimum atomic E-state index is -0.561. The van der Waals surface area contributed by atoms with E-state index in [0.29, 0.717) is 0 Å². The molecule has 0 atom stereocenters. The van der Waals surface area contributed by atoms with E-state index < -0.39 is 4.92 Å². The number of ether oxygens (including phenoxy) is 2. The summed E-state index contributed by atoms with van der Waals surface area (Å²) in [6, 6.07) is 0. The van der Waals surface area contributed by atoms with Gasteiger partial charge in [0.2, 0.25) is 0 Å². The third-order valence-corrected chi connectivity index (χ3v) is 1.40. The van der Waals surface area contributed by atoms with Gasteiger partial charge in [-0.3, -0.25) is 10.1 Å². The number of rotatable bonds is 9. The molecule has 0 heterocycles. The highest BCUT2D eigenvalue weighted by atomic mass is 16.6. The third kappa shape index (κ3) is 12.4. The molecule has 0 amide bonds. The molecule has 0 aliphatic heterocycles. The lowest BCUT2D eigenvalue weighted by Gasteiger charge is -2.01. The standard InChI is InChI=1S/C10H15NO5.C2H6/c1-2-3-4-10(11(13)14)9-16-8-7-15-6-5-12;1-2/h2-4,9,12H,1,5-8H2;1-2H3/b4-3-,10-9-;. The summed E-state index contributed by atoms with van der Waals surface area (Å²) in [6.45, 7) is 8.04. The fraction of sp³-hybridized carbons (Fsp3) is 0.500. The van der Waals surface area contributed by atoms with E-state index in [1.165, 1.54) is 18.2 Å². The van der Waals surface area contributed by atoms with Gasteiger partial charge in [0, 0.05) is 6.08 Å². The molecular weight excluding hydrogens is 238 g/mol. The number of aliphatic hydroxyl groups excluding tert-OH is 1. The zero-order valence-corrected chi connectivity index (χ0v) is 10.9. The van der Waals surface area contributed by atoms with Gasteiger partial charge in [-0.05, 0) is 0 Å². The van der Waals surface area contributed by atoms with E-state index in [-0.39, 0.29) is 32.1 Å². The second kappa shape index (κ2) is 15.3. The van der Waals surface area contributed by atoms with Crippen LogP contribution in [0, 0.1) is 10.1 Å². The maximum Gasteiger partial charge on any atom is 0.303 e. The molecular formula is C12H21NO5. The first-order chi connectivity index (χ1) is 8.72. The van der Waals surface area contributed by atoms with E-state index in [1.54, 1.807) is 0 Å². The van der Waals surface area contributed by atoms with E-state index in [4.69, 9.17) is 14.6 Å². The summed E-state index contributed by atoms with van der Waals surface area (Å²) in [5, 5.41) is 18.9. The number of nitrogens with zero attached hydrogens (tertiary/aromatic N) is 1. The Balaban J connectivity index is 0. The van der Waals surface area contributed by atoms with Gasteiger partial charge in [-0.2, -0.15) is 0 Å². The second-order valence-electron chi connectivity index (χ2n) is 2.60. The van der Waals surface area contributed by atoms with E-state index in [2.05, 4.69) is 6.58 Å². The topological polar surface area (TPSA) is 81.8 Å². The van der Waals surface area contributed by atoms with Crippen LogP contribution in [0.25, 0.3) is 0 Å². The van der Waals surface area contributed by atoms with Crippen LogP contribution in [0.3, 0.4) is 0 Å². The fourth-order valence-corrected chi connectivity index (χ4v) is 0.728. The first-order valence-electron chi connectivity index (χ1n) is 5.66. The Hall–Kier alpha value is -1.66. The van der Waals surface area contributed by atoms with Gasteiger partial charge in [0.1, 0.15) is 6.61 Å². The third-order valence-electron chi connectivity index (χ3n) is 1.40. The van der Waals surface area contributed by atoms with Gasteiger partial charge in [0.05, 0.1) is 24.7 Å². The molecule has 0 radical (unpaired) electrons. The lowest BCUT2D eigenvalue weighted by molar-refractivity contribution is -0.420. The zero-order chi connectivity index (χ0) is 14.2. The van der Waals surface area contributed by atoms with E-state index in [1.807, 2.05) is 13.8 Å². The first kappa shape index (κ1) is 18.7. The molecule has 0 fully saturated rings. The van der Waals surface area contributed by atoms with Crippen molar-refractivity contribution in [3.05, 3.63) is 46.9 Å². The average molecular weight is 259 g/mol. The van der Waals surface area contributed by atoms with Crippen molar-refractivity contribution in [3.8, 4) is 0 Å². The highest BCUT2D eigenvalue weighted by molar-refractivity contribution is 5.13. The molecule has 0 aliphatic carbocycles. The summed E-state index contributed by atoms with van der Waals surface area (Å²) >= 11 is 0. The molecule has 0 rings (SSSR count). The van der Waals surface area contributed by atoms with Crippen molar-refractivity contribution in [1.82, 2.24) is 0 Å². The molecule has 0 aromatic carbocycles. The van der Waals surface area contributed by atoms with Crippen molar-refractivity contribution < 1.29 is 19.5 Å². The van der Waals surface area contributed by atoms with Crippen LogP contribution >= 0.6 is 0 Å². The van der Waals surface area contributed by atoms with E-state index in [0.717, 1.165) is 6.26 Å². The van der Waals surface area contributed by atoms with E-state index in [9.17, 15) is 10.1 Å². The summed E-state index contributed by atoms with van der Waals surface area (Å²) in [5.41, 5.74) is -0.165.